The van der Waals surface area contributed by atoms with Crippen LogP contribution < -0.4 is 15.0 Å². The number of nitrogens with one attached hydrogen (secondary N) is 1. The van der Waals surface area contributed by atoms with E-state index in [1.165, 1.54) is 0 Å². The van der Waals surface area contributed by atoms with Gasteiger partial charge in [0, 0.05) is 11.8 Å². The van der Waals surface area contributed by atoms with Gasteiger partial charge in [-0.2, -0.15) is 5.11 Å². The van der Waals surface area contributed by atoms with Gasteiger partial charge >= 0.3 is 0 Å². The normalized spacial score (nSPS) is 19.7. The number of carbonyl (C=O) groups excluding carboxylic acids is 3. The molecule has 160 valence electrons. The zero-order valence-electron chi connectivity index (χ0n) is 16.3. The van der Waals surface area contributed by atoms with E-state index in [9.17, 15) is 23.2 Å². The molecule has 2 atom stereocenters. The van der Waals surface area contributed by atoms with Crippen LogP contribution in [0.3, 0.4) is 0 Å². The highest BCUT2D eigenvalue weighted by atomic mass is 19.2. The van der Waals surface area contributed by atoms with Crippen LogP contribution >= 0.6 is 0 Å². The average molecular weight is 429 g/mol. The van der Waals surface area contributed by atoms with Crippen molar-refractivity contribution in [1.82, 2.24) is 5.01 Å². The number of benzene rings is 2. The average Bonchev–Trinajstić information content (AvgIpc) is 3.25. The second-order valence-corrected chi connectivity index (χ2v) is 6.81. The Morgan fingerprint density at radius 3 is 2.52 bits per heavy atom. The summed E-state index contributed by atoms with van der Waals surface area (Å²) in [6, 6.07) is 7.13. The highest BCUT2D eigenvalue weighted by Crippen LogP contribution is 2.32. The molecule has 2 aromatic carbocycles. The predicted octanol–water partition coefficient (Wildman–Crippen LogP) is 2.30. The molecule has 31 heavy (non-hydrogen) atoms. The molecule has 11 heteroatoms. The fourth-order valence-electron chi connectivity index (χ4n) is 3.38. The maximum absolute atomic E-state index is 13.6. The number of hydrogen-bond donors (Lipinski definition) is 1. The molecule has 1 N–H and O–H groups in total. The first kappa shape index (κ1) is 20.4. The van der Waals surface area contributed by atoms with E-state index in [0.717, 1.165) is 28.1 Å². The molecule has 2 aliphatic rings. The lowest BCUT2D eigenvalue weighted by Gasteiger charge is -2.20. The Morgan fingerprint density at radius 1 is 1.10 bits per heavy atom. The summed E-state index contributed by atoms with van der Waals surface area (Å²) >= 11 is 0. The van der Waals surface area contributed by atoms with Gasteiger partial charge in [0.1, 0.15) is 12.3 Å². The molecule has 9 nitrogen and oxygen atoms in total. The van der Waals surface area contributed by atoms with E-state index in [2.05, 4.69) is 15.7 Å². The largest absolute Gasteiger partial charge is 0.494 e. The number of hydrogen-bond acceptors (Lipinski definition) is 7. The van der Waals surface area contributed by atoms with Gasteiger partial charge in [-0.25, -0.2) is 13.7 Å². The molecule has 0 aliphatic carbocycles. The minimum Gasteiger partial charge on any atom is -0.494 e. The van der Waals surface area contributed by atoms with Crippen LogP contribution in [0.1, 0.15) is 6.92 Å². The van der Waals surface area contributed by atoms with Gasteiger partial charge in [-0.1, -0.05) is 5.22 Å². The molecule has 1 saturated heterocycles. The molecule has 0 bridgehead atoms. The molecule has 0 radical (unpaired) electrons. The molecule has 3 amide bonds. The van der Waals surface area contributed by atoms with E-state index in [-0.39, 0.29) is 12.2 Å². The van der Waals surface area contributed by atoms with Gasteiger partial charge < -0.3 is 10.1 Å². The van der Waals surface area contributed by atoms with E-state index in [1.54, 1.807) is 24.3 Å². The lowest BCUT2D eigenvalue weighted by atomic mass is 10.1. The molecule has 2 heterocycles. The Morgan fingerprint density at radius 2 is 1.84 bits per heavy atom. The maximum Gasteiger partial charge on any atom is 0.263 e. The number of rotatable bonds is 6. The third-order valence-electron chi connectivity index (χ3n) is 4.77. The molecule has 0 spiro atoms. The van der Waals surface area contributed by atoms with Gasteiger partial charge in [0.25, 0.3) is 11.8 Å². The summed E-state index contributed by atoms with van der Waals surface area (Å²) in [5.41, 5.74) is 0.399. The third-order valence-corrected chi connectivity index (χ3v) is 4.77. The summed E-state index contributed by atoms with van der Waals surface area (Å²) in [4.78, 5) is 38.6. The number of fused-ring (bicyclic) bond motifs is 1. The van der Waals surface area contributed by atoms with Crippen LogP contribution in [0.15, 0.2) is 52.8 Å². The second kappa shape index (κ2) is 8.09. The van der Waals surface area contributed by atoms with Crippen molar-refractivity contribution in [1.29, 1.82) is 0 Å². The van der Waals surface area contributed by atoms with Crippen molar-refractivity contribution in [2.24, 2.45) is 10.3 Å². The second-order valence-electron chi connectivity index (χ2n) is 6.81. The lowest BCUT2D eigenvalue weighted by molar-refractivity contribution is -0.123. The van der Waals surface area contributed by atoms with Crippen LogP contribution in [0.5, 0.6) is 5.75 Å². The number of carbonyl (C=O) groups is 3. The summed E-state index contributed by atoms with van der Waals surface area (Å²) in [5.74, 6) is -3.56. The molecule has 0 saturated carbocycles. The van der Waals surface area contributed by atoms with Crippen molar-refractivity contribution in [2.75, 3.05) is 23.4 Å². The Labute approximate surface area is 175 Å². The topological polar surface area (TPSA) is 104 Å². The van der Waals surface area contributed by atoms with E-state index in [1.807, 2.05) is 6.92 Å². The smallest absolute Gasteiger partial charge is 0.263 e. The molecular weight excluding hydrogens is 412 g/mol. The van der Waals surface area contributed by atoms with Crippen molar-refractivity contribution in [3.8, 4) is 5.75 Å². The van der Waals surface area contributed by atoms with E-state index < -0.39 is 41.4 Å². The molecule has 0 aromatic heterocycles. The summed E-state index contributed by atoms with van der Waals surface area (Å²) in [6.07, 6.45) is 0. The summed E-state index contributed by atoms with van der Waals surface area (Å²) in [5, 5.41) is 11.3. The highest BCUT2D eigenvalue weighted by molar-refractivity contribution is 6.25. The van der Waals surface area contributed by atoms with Crippen LogP contribution in [-0.2, 0) is 14.4 Å². The molecule has 2 aromatic rings. The van der Waals surface area contributed by atoms with Gasteiger partial charge in [-0.3, -0.25) is 19.4 Å². The number of amides is 3. The summed E-state index contributed by atoms with van der Waals surface area (Å²) in [6.45, 7) is 2.04. The third kappa shape index (κ3) is 3.81. The number of nitrogens with zero attached hydrogens (tertiary/aromatic N) is 4. The van der Waals surface area contributed by atoms with Crippen molar-refractivity contribution >= 4 is 29.1 Å². The molecular formula is C20H17F2N5O4. The Hall–Kier alpha value is -3.89. The predicted molar refractivity (Wildman–Crippen MR) is 104 cm³/mol. The number of halogens is 2. The van der Waals surface area contributed by atoms with Gasteiger partial charge in [0.15, 0.2) is 23.7 Å². The monoisotopic (exact) mass is 429 g/mol. The summed E-state index contributed by atoms with van der Waals surface area (Å²) < 4.78 is 32.1. The minimum absolute atomic E-state index is 0.114. The number of ether oxygens (including phenoxy) is 1. The maximum atomic E-state index is 13.6. The molecule has 4 rings (SSSR count). The van der Waals surface area contributed by atoms with Crippen LogP contribution in [0, 0.1) is 11.6 Å². The SMILES string of the molecule is CCOc1ccc(NC(=O)CN2N=N[C@@H]3C(=O)N(c4ccc(F)c(F)c4)C(=O)[C@H]32)cc1. The summed E-state index contributed by atoms with van der Waals surface area (Å²) in [7, 11) is 0. The van der Waals surface area contributed by atoms with Crippen molar-refractivity contribution in [2.45, 2.75) is 19.0 Å². The molecule has 2 aliphatic heterocycles. The lowest BCUT2D eigenvalue weighted by Crippen LogP contribution is -2.43. The van der Waals surface area contributed by atoms with Gasteiger partial charge in [0.2, 0.25) is 5.91 Å². The van der Waals surface area contributed by atoms with Gasteiger partial charge in [-0.05, 0) is 43.3 Å². The standard InChI is InChI=1S/C20H17F2N5O4/c1-2-31-13-6-3-11(4-7-13)23-16(28)10-26-18-17(24-25-26)19(29)27(20(18)30)12-5-8-14(21)15(22)9-12/h3-9,17-18H,2,10H2,1H3,(H,23,28)/t17-,18-/m0/s1. The number of anilines is 2. The Kier molecular flexibility index (Phi) is 5.32. The van der Waals surface area contributed by atoms with Crippen molar-refractivity contribution in [3.63, 3.8) is 0 Å². The first-order valence-corrected chi connectivity index (χ1v) is 9.42. The Bertz CT molecular complexity index is 1080. The van der Waals surface area contributed by atoms with Crippen molar-refractivity contribution < 1.29 is 27.9 Å². The van der Waals surface area contributed by atoms with Crippen LogP contribution in [0.2, 0.25) is 0 Å². The Balaban J connectivity index is 1.45. The van der Waals surface area contributed by atoms with Gasteiger partial charge in [0.05, 0.1) is 12.3 Å². The fourth-order valence-corrected chi connectivity index (χ4v) is 3.38. The first-order chi connectivity index (χ1) is 14.9. The zero-order chi connectivity index (χ0) is 22.1. The quantitative estimate of drug-likeness (QED) is 0.710. The molecule has 1 fully saturated rings. The van der Waals surface area contributed by atoms with Crippen molar-refractivity contribution in [3.05, 3.63) is 54.1 Å². The highest BCUT2D eigenvalue weighted by Gasteiger charge is 2.55. The van der Waals surface area contributed by atoms with Crippen LogP contribution in [0.4, 0.5) is 20.2 Å². The van der Waals surface area contributed by atoms with Gasteiger partial charge in [-0.15, -0.1) is 0 Å². The molecule has 0 unspecified atom stereocenters. The number of imide groups is 1. The van der Waals surface area contributed by atoms with Crippen LogP contribution in [-0.4, -0.2) is 48.0 Å². The minimum atomic E-state index is -1.19. The van der Waals surface area contributed by atoms with E-state index in [4.69, 9.17) is 4.74 Å². The van der Waals surface area contributed by atoms with E-state index >= 15 is 0 Å². The fraction of sp³-hybridized carbons (Fsp3) is 0.250. The first-order valence-electron chi connectivity index (χ1n) is 9.42. The van der Waals surface area contributed by atoms with Crippen LogP contribution in [0.25, 0.3) is 0 Å². The zero-order valence-corrected chi connectivity index (χ0v) is 16.3. The van der Waals surface area contributed by atoms with E-state index in [0.29, 0.717) is 18.0 Å².